The van der Waals surface area contributed by atoms with Gasteiger partial charge in [0.15, 0.2) is 0 Å². The molecule has 1 aromatic heterocycles. The number of carbonyl (C=O) groups excluding carboxylic acids is 2. The quantitative estimate of drug-likeness (QED) is 0.567. The molecule has 186 valence electrons. The van der Waals surface area contributed by atoms with Crippen molar-refractivity contribution in [3.63, 3.8) is 0 Å². The number of carbonyl (C=O) groups is 2. The number of urea groups is 1. The molecule has 1 aliphatic carbocycles. The Labute approximate surface area is 206 Å². The third-order valence-electron chi connectivity index (χ3n) is 7.92. The number of likely N-dealkylation sites (tertiary alicyclic amines) is 1. The minimum atomic E-state index is -0.970. The van der Waals surface area contributed by atoms with E-state index < -0.39 is 5.54 Å². The molecule has 1 aromatic carbocycles. The molecule has 2 aromatic rings. The zero-order valence-electron chi connectivity index (χ0n) is 20.3. The lowest BCUT2D eigenvalue weighted by Gasteiger charge is -2.41. The number of benzene rings is 1. The average Bonchev–Trinajstić information content (AvgIpc) is 3.59. The molecule has 35 heavy (non-hydrogen) atoms. The van der Waals surface area contributed by atoms with Gasteiger partial charge in [-0.25, -0.2) is 9.18 Å². The highest BCUT2D eigenvalue weighted by Crippen LogP contribution is 2.39. The number of furan rings is 1. The summed E-state index contributed by atoms with van der Waals surface area (Å²) in [6.07, 6.45) is 9.63. The van der Waals surface area contributed by atoms with Gasteiger partial charge in [-0.3, -0.25) is 14.6 Å². The first-order chi connectivity index (χ1) is 16.9. The van der Waals surface area contributed by atoms with Crippen LogP contribution in [-0.2, 0) is 11.2 Å². The Hall–Kier alpha value is -2.93. The molecular formula is C28H34FN3O3. The predicted octanol–water partition coefficient (Wildman–Crippen LogP) is 5.01. The fourth-order valence-corrected chi connectivity index (χ4v) is 6.17. The van der Waals surface area contributed by atoms with Gasteiger partial charge in [-0.1, -0.05) is 30.5 Å². The lowest BCUT2D eigenvalue weighted by molar-refractivity contribution is -0.135. The second-order valence-corrected chi connectivity index (χ2v) is 10.4. The Morgan fingerprint density at radius 2 is 1.83 bits per heavy atom. The van der Waals surface area contributed by atoms with E-state index in [0.29, 0.717) is 6.42 Å². The topological polar surface area (TPSA) is 65.8 Å². The first-order valence-corrected chi connectivity index (χ1v) is 12.8. The smallest absolute Gasteiger partial charge is 0.325 e. The Morgan fingerprint density at radius 3 is 2.49 bits per heavy atom. The molecule has 3 amide bonds. The number of hydrogen-bond donors (Lipinski definition) is 1. The van der Waals surface area contributed by atoms with Crippen LogP contribution < -0.4 is 5.32 Å². The fourth-order valence-electron chi connectivity index (χ4n) is 6.17. The number of hydrogen-bond acceptors (Lipinski definition) is 4. The summed E-state index contributed by atoms with van der Waals surface area (Å²) in [7, 11) is 0. The summed E-state index contributed by atoms with van der Waals surface area (Å²) in [4.78, 5) is 31.0. The van der Waals surface area contributed by atoms with Crippen LogP contribution in [0.5, 0.6) is 0 Å². The van der Waals surface area contributed by atoms with Gasteiger partial charge >= 0.3 is 6.03 Å². The molecule has 1 atom stereocenters. The maximum absolute atomic E-state index is 14.0. The van der Waals surface area contributed by atoms with Gasteiger partial charge in [0.1, 0.15) is 17.1 Å². The minimum Gasteiger partial charge on any atom is -0.465 e. The van der Waals surface area contributed by atoms with Gasteiger partial charge in [-0.15, -0.1) is 0 Å². The third-order valence-corrected chi connectivity index (χ3v) is 7.92. The first-order valence-electron chi connectivity index (χ1n) is 12.8. The van der Waals surface area contributed by atoms with E-state index in [9.17, 15) is 14.0 Å². The van der Waals surface area contributed by atoms with Crippen molar-refractivity contribution in [1.82, 2.24) is 15.1 Å². The molecule has 1 N–H and O–H groups in total. The van der Waals surface area contributed by atoms with E-state index in [4.69, 9.17) is 4.42 Å². The molecule has 3 fully saturated rings. The van der Waals surface area contributed by atoms with Crippen molar-refractivity contribution >= 4 is 18.0 Å². The molecule has 3 heterocycles. The summed E-state index contributed by atoms with van der Waals surface area (Å²) >= 11 is 0. The van der Waals surface area contributed by atoms with Crippen LogP contribution in [0.15, 0.2) is 52.7 Å². The predicted molar refractivity (Wildman–Crippen MR) is 132 cm³/mol. The summed E-state index contributed by atoms with van der Waals surface area (Å²) in [6.45, 7) is 4.65. The molecule has 0 spiro atoms. The van der Waals surface area contributed by atoms with Crippen LogP contribution in [0.4, 0.5) is 9.18 Å². The number of amides is 3. The summed E-state index contributed by atoms with van der Waals surface area (Å²) in [5.41, 5.74) is 1.12. The molecule has 3 aliphatic rings. The average molecular weight is 480 g/mol. The van der Waals surface area contributed by atoms with Crippen LogP contribution in [-0.4, -0.2) is 53.0 Å². The Balaban J connectivity index is 1.33. The monoisotopic (exact) mass is 479 g/mol. The first kappa shape index (κ1) is 23.8. The zero-order valence-corrected chi connectivity index (χ0v) is 20.3. The fraction of sp³-hybridized carbons (Fsp3) is 0.500. The van der Waals surface area contributed by atoms with Crippen molar-refractivity contribution in [2.24, 2.45) is 5.92 Å². The molecular weight excluding hydrogens is 445 g/mol. The van der Waals surface area contributed by atoms with Crippen LogP contribution in [0.3, 0.4) is 0 Å². The molecule has 5 rings (SSSR count). The van der Waals surface area contributed by atoms with E-state index in [1.54, 1.807) is 18.4 Å². The molecule has 7 heteroatoms. The van der Waals surface area contributed by atoms with Crippen molar-refractivity contribution in [2.75, 3.05) is 19.6 Å². The molecule has 6 nitrogen and oxygen atoms in total. The van der Waals surface area contributed by atoms with Crippen LogP contribution in [0.1, 0.15) is 56.8 Å². The minimum absolute atomic E-state index is 0.00734. The number of imide groups is 1. The lowest BCUT2D eigenvalue weighted by atomic mass is 9.73. The summed E-state index contributed by atoms with van der Waals surface area (Å²) in [5.74, 6) is 0.484. The van der Waals surface area contributed by atoms with Gasteiger partial charge in [0, 0.05) is 19.0 Å². The van der Waals surface area contributed by atoms with E-state index in [1.165, 1.54) is 22.6 Å². The molecule has 2 aliphatic heterocycles. The van der Waals surface area contributed by atoms with Gasteiger partial charge in [0.05, 0.1) is 6.26 Å². The molecule has 1 saturated carbocycles. The van der Waals surface area contributed by atoms with Gasteiger partial charge in [-0.05, 0) is 87.5 Å². The summed E-state index contributed by atoms with van der Waals surface area (Å²) in [6, 6.07) is 9.87. The SMILES string of the molecule is CC(=Cc1ccco1)CN1CCC(C2(Cc3ccc(F)cc3)NC(=O)N(C3CCCC3)C2=O)CC1. The van der Waals surface area contributed by atoms with Crippen molar-refractivity contribution in [3.8, 4) is 0 Å². The molecule has 0 bridgehead atoms. The van der Waals surface area contributed by atoms with Gasteiger partial charge < -0.3 is 9.73 Å². The van der Waals surface area contributed by atoms with Gasteiger partial charge in [0.2, 0.25) is 0 Å². The number of rotatable bonds is 7. The Morgan fingerprint density at radius 1 is 1.11 bits per heavy atom. The normalized spacial score (nSPS) is 25.0. The number of nitrogens with zero attached hydrogens (tertiary/aromatic N) is 2. The van der Waals surface area contributed by atoms with E-state index in [0.717, 1.165) is 69.5 Å². The van der Waals surface area contributed by atoms with Crippen molar-refractivity contribution < 1.29 is 18.4 Å². The van der Waals surface area contributed by atoms with Crippen molar-refractivity contribution in [2.45, 2.75) is 63.5 Å². The zero-order chi connectivity index (χ0) is 24.4. The summed E-state index contributed by atoms with van der Waals surface area (Å²) < 4.78 is 19.0. The lowest BCUT2D eigenvalue weighted by Crippen LogP contribution is -2.58. The van der Waals surface area contributed by atoms with E-state index in [1.807, 2.05) is 12.1 Å². The van der Waals surface area contributed by atoms with Crippen LogP contribution in [0.25, 0.3) is 6.08 Å². The van der Waals surface area contributed by atoms with Gasteiger partial charge in [-0.2, -0.15) is 0 Å². The second kappa shape index (κ2) is 9.97. The van der Waals surface area contributed by atoms with Gasteiger partial charge in [0.25, 0.3) is 5.91 Å². The van der Waals surface area contributed by atoms with Crippen molar-refractivity contribution in [3.05, 3.63) is 65.4 Å². The largest absolute Gasteiger partial charge is 0.465 e. The maximum atomic E-state index is 14.0. The third kappa shape index (κ3) is 4.92. The summed E-state index contributed by atoms with van der Waals surface area (Å²) in [5, 5.41) is 3.16. The van der Waals surface area contributed by atoms with Crippen molar-refractivity contribution in [1.29, 1.82) is 0 Å². The Bertz CT molecular complexity index is 1070. The van der Waals surface area contributed by atoms with E-state index in [-0.39, 0.29) is 29.7 Å². The number of nitrogens with one attached hydrogen (secondary N) is 1. The highest BCUT2D eigenvalue weighted by atomic mass is 19.1. The number of halogens is 1. The molecule has 0 radical (unpaired) electrons. The van der Waals surface area contributed by atoms with Crippen LogP contribution >= 0.6 is 0 Å². The standard InChI is InChI=1S/C28H34FN3O3/c1-20(17-25-7-4-16-35-25)19-31-14-12-22(13-15-31)28(18-21-8-10-23(29)11-9-21)26(33)32(27(34)30-28)24-5-2-3-6-24/h4,7-11,16-17,22,24H,2-3,5-6,12-15,18-19H2,1H3,(H,30,34). The maximum Gasteiger partial charge on any atom is 0.325 e. The Kier molecular flexibility index (Phi) is 6.78. The highest BCUT2D eigenvalue weighted by Gasteiger charge is 2.57. The second-order valence-electron chi connectivity index (χ2n) is 10.4. The highest BCUT2D eigenvalue weighted by molar-refractivity contribution is 6.07. The molecule has 2 saturated heterocycles. The van der Waals surface area contributed by atoms with E-state index in [2.05, 4.69) is 23.2 Å². The van der Waals surface area contributed by atoms with E-state index >= 15 is 0 Å². The molecule has 1 unspecified atom stereocenters. The van der Waals surface area contributed by atoms with Crippen LogP contribution in [0, 0.1) is 11.7 Å². The number of piperidine rings is 1. The van der Waals surface area contributed by atoms with Crippen LogP contribution in [0.2, 0.25) is 0 Å².